The van der Waals surface area contributed by atoms with E-state index in [0.29, 0.717) is 5.75 Å². The predicted octanol–water partition coefficient (Wildman–Crippen LogP) is 2.43. The Morgan fingerprint density at radius 2 is 1.73 bits per heavy atom. The molecule has 0 atom stereocenters. The van der Waals surface area contributed by atoms with E-state index in [1.807, 2.05) is 26.0 Å². The molecule has 0 amide bonds. The van der Waals surface area contributed by atoms with Gasteiger partial charge in [-0.05, 0) is 31.0 Å². The van der Waals surface area contributed by atoms with Gasteiger partial charge in [-0.2, -0.15) is 0 Å². The third-order valence-electron chi connectivity index (χ3n) is 1.58. The number of benzene rings is 1. The van der Waals surface area contributed by atoms with Crippen LogP contribution in [-0.4, -0.2) is 5.11 Å². The summed E-state index contributed by atoms with van der Waals surface area (Å²) in [6, 6.07) is 5.52. The van der Waals surface area contributed by atoms with E-state index in [9.17, 15) is 0 Å². The molecule has 1 aromatic rings. The summed E-state index contributed by atoms with van der Waals surface area (Å²) < 4.78 is 0. The molecule has 11 heavy (non-hydrogen) atoms. The number of phenols is 1. The van der Waals surface area contributed by atoms with E-state index in [1.54, 1.807) is 6.07 Å². The summed E-state index contributed by atoms with van der Waals surface area (Å²) in [6.07, 6.45) is 0. The first kappa shape index (κ1) is 13.8. The molecule has 0 bridgehead atoms. The second kappa shape index (κ2) is 5.79. The first-order chi connectivity index (χ1) is 4.22. The third-order valence-corrected chi connectivity index (χ3v) is 1.58. The molecule has 0 aromatic heterocycles. The largest absolute Gasteiger partial charge is 0.508 e. The van der Waals surface area contributed by atoms with Crippen LogP contribution in [0.1, 0.15) is 11.1 Å². The minimum atomic E-state index is 0. The first-order valence-corrected chi connectivity index (χ1v) is 2.97. The van der Waals surface area contributed by atoms with Gasteiger partial charge in [0.15, 0.2) is 0 Å². The molecule has 0 heterocycles. The average molecular weight is 250 g/mol. The summed E-state index contributed by atoms with van der Waals surface area (Å²) in [5.41, 5.74) is 2.10. The maximum Gasteiger partial charge on any atom is 0.118 e. The topological polar surface area (TPSA) is 20.2 Å². The van der Waals surface area contributed by atoms with Crippen molar-refractivity contribution in [1.29, 1.82) is 0 Å². The van der Waals surface area contributed by atoms with Gasteiger partial charge in [-0.25, -0.2) is 0 Å². The normalized spacial score (nSPS) is 7.82. The van der Waals surface area contributed by atoms with Crippen molar-refractivity contribution < 1.29 is 31.3 Å². The standard InChI is InChI=1S/C8H10O.ClH.Zr/c1-6-4-3-5-8(9)7(6)2;;/h3-5,9H,1-2H3;1H;. The fourth-order valence-electron chi connectivity index (χ4n) is 0.736. The Morgan fingerprint density at radius 3 is 2.09 bits per heavy atom. The first-order valence-electron chi connectivity index (χ1n) is 2.97. The molecule has 0 radical (unpaired) electrons. The monoisotopic (exact) mass is 248 g/mol. The van der Waals surface area contributed by atoms with Crippen LogP contribution in [0.4, 0.5) is 0 Å². The summed E-state index contributed by atoms with van der Waals surface area (Å²) in [4.78, 5) is 0. The Morgan fingerprint density at radius 1 is 1.18 bits per heavy atom. The number of rotatable bonds is 0. The summed E-state index contributed by atoms with van der Waals surface area (Å²) in [6.45, 7) is 3.89. The van der Waals surface area contributed by atoms with E-state index in [0.717, 1.165) is 11.1 Å². The fourth-order valence-corrected chi connectivity index (χ4v) is 0.736. The van der Waals surface area contributed by atoms with Crippen molar-refractivity contribution in [1.82, 2.24) is 0 Å². The van der Waals surface area contributed by atoms with E-state index in [-0.39, 0.29) is 38.6 Å². The number of hydrogen-bond donors (Lipinski definition) is 1. The van der Waals surface area contributed by atoms with Gasteiger partial charge in [0, 0.05) is 26.2 Å². The summed E-state index contributed by atoms with van der Waals surface area (Å²) in [5, 5.41) is 9.10. The van der Waals surface area contributed by atoms with Gasteiger partial charge in [0.05, 0.1) is 0 Å². The van der Waals surface area contributed by atoms with Crippen molar-refractivity contribution >= 4 is 12.4 Å². The van der Waals surface area contributed by atoms with Gasteiger partial charge in [-0.1, -0.05) is 12.1 Å². The zero-order chi connectivity index (χ0) is 6.85. The Labute approximate surface area is 92.4 Å². The second-order valence-corrected chi connectivity index (χ2v) is 2.22. The number of aromatic hydroxyl groups is 1. The van der Waals surface area contributed by atoms with E-state index in [1.165, 1.54) is 0 Å². The molecule has 0 aliphatic rings. The minimum Gasteiger partial charge on any atom is -0.508 e. The van der Waals surface area contributed by atoms with Gasteiger partial charge in [0.25, 0.3) is 0 Å². The van der Waals surface area contributed by atoms with Gasteiger partial charge in [-0.3, -0.25) is 0 Å². The molecule has 1 nitrogen and oxygen atoms in total. The molecule has 60 valence electrons. The van der Waals surface area contributed by atoms with E-state index < -0.39 is 0 Å². The molecule has 0 unspecified atom stereocenters. The van der Waals surface area contributed by atoms with Crippen LogP contribution < -0.4 is 0 Å². The number of halogens is 1. The molecular formula is C8H11ClOZr. The van der Waals surface area contributed by atoms with Crippen molar-refractivity contribution in [3.05, 3.63) is 29.3 Å². The Kier molecular flexibility index (Phi) is 7.25. The average Bonchev–Trinajstić information content (AvgIpc) is 1.83. The van der Waals surface area contributed by atoms with Crippen LogP contribution in [0.3, 0.4) is 0 Å². The van der Waals surface area contributed by atoms with Crippen LogP contribution >= 0.6 is 12.4 Å². The van der Waals surface area contributed by atoms with Gasteiger partial charge >= 0.3 is 0 Å². The molecule has 1 rings (SSSR count). The SMILES string of the molecule is Cc1cccc(O)c1C.Cl.[Zr]. The quantitative estimate of drug-likeness (QED) is 0.749. The van der Waals surface area contributed by atoms with Crippen LogP contribution in [0.15, 0.2) is 18.2 Å². The van der Waals surface area contributed by atoms with Gasteiger partial charge < -0.3 is 5.11 Å². The Bertz CT molecular complexity index is 205. The van der Waals surface area contributed by atoms with Crippen LogP contribution in [0, 0.1) is 13.8 Å². The van der Waals surface area contributed by atoms with Crippen molar-refractivity contribution in [2.24, 2.45) is 0 Å². The second-order valence-electron chi connectivity index (χ2n) is 2.22. The maximum atomic E-state index is 9.10. The summed E-state index contributed by atoms with van der Waals surface area (Å²) in [7, 11) is 0. The molecule has 0 spiro atoms. The number of aryl methyl sites for hydroxylation is 1. The Hall–Kier alpha value is 0.193. The smallest absolute Gasteiger partial charge is 0.118 e. The molecule has 0 aliphatic carbocycles. The summed E-state index contributed by atoms with van der Waals surface area (Å²) >= 11 is 0. The molecule has 0 saturated carbocycles. The van der Waals surface area contributed by atoms with E-state index in [4.69, 9.17) is 5.11 Å². The van der Waals surface area contributed by atoms with E-state index in [2.05, 4.69) is 0 Å². The van der Waals surface area contributed by atoms with Crippen molar-refractivity contribution in [3.63, 3.8) is 0 Å². The van der Waals surface area contributed by atoms with Gasteiger partial charge in [-0.15, -0.1) is 12.4 Å². The molecule has 0 saturated heterocycles. The van der Waals surface area contributed by atoms with Gasteiger partial charge in [0.1, 0.15) is 5.75 Å². The Balaban J connectivity index is 0. The molecule has 3 heteroatoms. The van der Waals surface area contributed by atoms with Crippen LogP contribution in [-0.2, 0) is 26.2 Å². The number of hydrogen-bond acceptors (Lipinski definition) is 1. The molecule has 0 aliphatic heterocycles. The molecule has 1 N–H and O–H groups in total. The van der Waals surface area contributed by atoms with Crippen LogP contribution in [0.2, 0.25) is 0 Å². The van der Waals surface area contributed by atoms with Crippen molar-refractivity contribution in [2.45, 2.75) is 13.8 Å². The van der Waals surface area contributed by atoms with E-state index >= 15 is 0 Å². The van der Waals surface area contributed by atoms with Crippen molar-refractivity contribution in [3.8, 4) is 5.75 Å². The van der Waals surface area contributed by atoms with Crippen LogP contribution in [0.5, 0.6) is 5.75 Å². The number of phenolic OH excluding ortho intramolecular Hbond substituents is 1. The zero-order valence-corrected chi connectivity index (χ0v) is 9.86. The molecule has 0 fully saturated rings. The van der Waals surface area contributed by atoms with Crippen molar-refractivity contribution in [2.75, 3.05) is 0 Å². The van der Waals surface area contributed by atoms with Crippen LogP contribution in [0.25, 0.3) is 0 Å². The molecular weight excluding hydrogens is 239 g/mol. The minimum absolute atomic E-state index is 0. The molecule has 1 aromatic carbocycles. The zero-order valence-electron chi connectivity index (χ0n) is 6.59. The maximum absolute atomic E-state index is 9.10. The fraction of sp³-hybridized carbons (Fsp3) is 0.250. The third kappa shape index (κ3) is 3.40. The summed E-state index contributed by atoms with van der Waals surface area (Å²) in [5.74, 6) is 0.384. The predicted molar refractivity (Wildman–Crippen MR) is 44.8 cm³/mol. The van der Waals surface area contributed by atoms with Gasteiger partial charge in [0.2, 0.25) is 0 Å².